The van der Waals surface area contributed by atoms with E-state index in [2.05, 4.69) is 5.32 Å². The first-order chi connectivity index (χ1) is 15.5. The van der Waals surface area contributed by atoms with Gasteiger partial charge >= 0.3 is 0 Å². The van der Waals surface area contributed by atoms with Gasteiger partial charge in [-0.15, -0.1) is 24.2 Å². The second kappa shape index (κ2) is 11.4. The minimum atomic E-state index is -3.87. The molecule has 1 aliphatic heterocycles. The van der Waals surface area contributed by atoms with Crippen LogP contribution in [0.4, 0.5) is 18.9 Å². The van der Waals surface area contributed by atoms with E-state index in [1.807, 2.05) is 0 Å². The van der Waals surface area contributed by atoms with Gasteiger partial charge in [-0.1, -0.05) is 0 Å². The van der Waals surface area contributed by atoms with E-state index in [4.69, 9.17) is 10.9 Å². The van der Waals surface area contributed by atoms with Crippen molar-refractivity contribution in [2.75, 3.05) is 17.6 Å². The Morgan fingerprint density at radius 1 is 1.12 bits per heavy atom. The molecule has 0 aromatic heterocycles. The lowest BCUT2D eigenvalue weighted by molar-refractivity contribution is -0.135. The van der Waals surface area contributed by atoms with Crippen molar-refractivity contribution < 1.29 is 31.2 Å². The number of nitrogens with zero attached hydrogens (tertiary/aromatic N) is 1. The highest BCUT2D eigenvalue weighted by Crippen LogP contribution is 2.27. The number of nitrogens with one attached hydrogen (secondary N) is 1. The average molecular weight is 539 g/mol. The summed E-state index contributed by atoms with van der Waals surface area (Å²) < 4.78 is 62.9. The van der Waals surface area contributed by atoms with Gasteiger partial charge in [0, 0.05) is 36.5 Å². The molecule has 1 saturated heterocycles. The summed E-state index contributed by atoms with van der Waals surface area (Å²) in [5.41, 5.74) is 6.10. The van der Waals surface area contributed by atoms with E-state index < -0.39 is 50.7 Å². The van der Waals surface area contributed by atoms with Crippen molar-refractivity contribution in [2.45, 2.75) is 29.2 Å². The summed E-state index contributed by atoms with van der Waals surface area (Å²) in [4.78, 5) is 26.6. The van der Waals surface area contributed by atoms with E-state index in [0.717, 1.165) is 0 Å². The Morgan fingerprint density at radius 3 is 2.35 bits per heavy atom. The summed E-state index contributed by atoms with van der Waals surface area (Å²) in [6, 6.07) is 5.48. The van der Waals surface area contributed by atoms with Crippen LogP contribution < -0.4 is 16.2 Å². The first-order valence-corrected chi connectivity index (χ1v) is 12.3. The van der Waals surface area contributed by atoms with Crippen LogP contribution in [0.5, 0.6) is 0 Å². The van der Waals surface area contributed by atoms with Crippen molar-refractivity contribution in [1.29, 1.82) is 0 Å². The number of amides is 2. The van der Waals surface area contributed by atoms with Crippen LogP contribution in [-0.2, 0) is 26.0 Å². The number of carbonyl (C=O) groups is 2. The van der Waals surface area contributed by atoms with E-state index >= 15 is 0 Å². The van der Waals surface area contributed by atoms with E-state index in [-0.39, 0.29) is 42.3 Å². The number of nitrogens with two attached hydrogens (primary N) is 2. The van der Waals surface area contributed by atoms with Crippen molar-refractivity contribution in [3.63, 3.8) is 0 Å². The molecule has 0 bridgehead atoms. The molecule has 186 valence electrons. The van der Waals surface area contributed by atoms with Gasteiger partial charge in [0.25, 0.3) is 5.91 Å². The number of halogens is 4. The predicted octanol–water partition coefficient (Wildman–Crippen LogP) is 1.97. The molecule has 0 spiro atoms. The zero-order valence-corrected chi connectivity index (χ0v) is 20.0. The van der Waals surface area contributed by atoms with Crippen molar-refractivity contribution in [1.82, 2.24) is 4.90 Å². The number of benzene rings is 2. The van der Waals surface area contributed by atoms with Gasteiger partial charge in [-0.3, -0.25) is 9.59 Å². The molecule has 34 heavy (non-hydrogen) atoms. The zero-order chi connectivity index (χ0) is 24.3. The fourth-order valence-electron chi connectivity index (χ4n) is 3.29. The van der Waals surface area contributed by atoms with Crippen LogP contribution in [-0.4, -0.2) is 48.8 Å². The number of hydrogen-bond acceptors (Lipinski definition) is 6. The third-order valence-electron chi connectivity index (χ3n) is 4.89. The van der Waals surface area contributed by atoms with Crippen LogP contribution in [0.2, 0.25) is 0 Å². The molecule has 1 unspecified atom stereocenters. The second-order valence-corrected chi connectivity index (χ2v) is 10.1. The third kappa shape index (κ3) is 6.85. The Bertz CT molecular complexity index is 1170. The molecule has 2 atom stereocenters. The van der Waals surface area contributed by atoms with Crippen LogP contribution in [0.15, 0.2) is 41.3 Å². The van der Waals surface area contributed by atoms with E-state index in [9.17, 15) is 31.2 Å². The number of anilines is 1. The maximum Gasteiger partial charge on any atom is 0.257 e. The lowest BCUT2D eigenvalue weighted by atomic mass is 10.0. The number of sulfonamides is 1. The molecule has 2 aromatic carbocycles. The fraction of sp³-hybridized carbons (Fsp3) is 0.300. The van der Waals surface area contributed by atoms with Gasteiger partial charge in [0.05, 0.1) is 4.90 Å². The van der Waals surface area contributed by atoms with Gasteiger partial charge in [-0.2, -0.15) is 0 Å². The summed E-state index contributed by atoms with van der Waals surface area (Å²) >= 11 is 1.24. The summed E-state index contributed by atoms with van der Waals surface area (Å²) in [5.74, 6) is -3.92. The maximum atomic E-state index is 13.8. The van der Waals surface area contributed by atoms with Gasteiger partial charge < -0.3 is 16.0 Å². The largest absolute Gasteiger partial charge is 0.327 e. The molecule has 14 heteroatoms. The highest BCUT2D eigenvalue weighted by Gasteiger charge is 2.35. The molecular formula is C20H22ClF3N4O4S2. The zero-order valence-electron chi connectivity index (χ0n) is 17.5. The van der Waals surface area contributed by atoms with Gasteiger partial charge in [0.2, 0.25) is 15.9 Å². The average Bonchev–Trinajstić information content (AvgIpc) is 3.22. The highest BCUT2D eigenvalue weighted by atomic mass is 35.5. The first-order valence-electron chi connectivity index (χ1n) is 9.69. The molecule has 0 saturated carbocycles. The number of thioether (sulfide) groups is 1. The van der Waals surface area contributed by atoms with Crippen molar-refractivity contribution in [2.24, 2.45) is 10.9 Å². The number of primary sulfonamides is 1. The molecule has 1 heterocycles. The molecule has 2 aromatic rings. The van der Waals surface area contributed by atoms with Crippen LogP contribution in [0.3, 0.4) is 0 Å². The molecule has 1 aliphatic rings. The maximum absolute atomic E-state index is 13.8. The monoisotopic (exact) mass is 538 g/mol. The Kier molecular flexibility index (Phi) is 9.37. The molecule has 2 amide bonds. The van der Waals surface area contributed by atoms with Crippen molar-refractivity contribution >= 4 is 51.7 Å². The summed E-state index contributed by atoms with van der Waals surface area (Å²) in [5, 5.41) is 6.81. The summed E-state index contributed by atoms with van der Waals surface area (Å²) in [6.07, 6.45) is -0.422. The van der Waals surface area contributed by atoms with Gasteiger partial charge in [-0.05, 0) is 42.3 Å². The van der Waals surface area contributed by atoms with Gasteiger partial charge in [0.15, 0.2) is 17.0 Å². The summed E-state index contributed by atoms with van der Waals surface area (Å²) in [7, 11) is -3.87. The molecule has 3 rings (SSSR count). The lowest BCUT2D eigenvalue weighted by Crippen LogP contribution is -2.44. The smallest absolute Gasteiger partial charge is 0.257 e. The van der Waals surface area contributed by atoms with Crippen LogP contribution in [0.1, 0.15) is 12.0 Å². The van der Waals surface area contributed by atoms with E-state index in [1.165, 1.54) is 40.9 Å². The Balaban J connectivity index is 0.00000408. The van der Waals surface area contributed by atoms with Crippen LogP contribution in [0, 0.1) is 17.5 Å². The third-order valence-corrected chi connectivity index (χ3v) is 7.03. The SMILES string of the molecule is Cl.N[C@@H](CC(=O)N1CCSC1C(=O)Nc1ccc(S(N)(=O)=O)cc1)Cc1cc(F)c(F)cc1F. The molecule has 1 fully saturated rings. The second-order valence-electron chi connectivity index (χ2n) is 7.39. The normalized spacial score (nSPS) is 16.6. The lowest BCUT2D eigenvalue weighted by Gasteiger charge is -2.24. The number of rotatable bonds is 7. The standard InChI is InChI=1S/C20H21F3N4O4S2.ClH/c21-15-10-17(23)16(22)8-11(15)7-12(24)9-18(28)27-5-6-32-20(27)19(29)26-13-1-3-14(4-2-13)33(25,30)31;/h1-4,8,10,12,20H,5-7,9,24H2,(H,26,29)(H2,25,30,31);1H/t12-,20?;/m1./s1. The Labute approximate surface area is 204 Å². The molecule has 0 radical (unpaired) electrons. The quantitative estimate of drug-likeness (QED) is 0.461. The van der Waals surface area contributed by atoms with Gasteiger partial charge in [0.1, 0.15) is 5.82 Å². The van der Waals surface area contributed by atoms with Crippen molar-refractivity contribution in [3.8, 4) is 0 Å². The minimum Gasteiger partial charge on any atom is -0.327 e. The van der Waals surface area contributed by atoms with Crippen LogP contribution in [0.25, 0.3) is 0 Å². The topological polar surface area (TPSA) is 136 Å². The van der Waals surface area contributed by atoms with Crippen molar-refractivity contribution in [3.05, 3.63) is 59.4 Å². The first kappa shape index (κ1) is 27.9. The number of hydrogen-bond donors (Lipinski definition) is 3. The summed E-state index contributed by atoms with van der Waals surface area (Å²) in [6.45, 7) is 0.290. The van der Waals surface area contributed by atoms with Gasteiger partial charge in [-0.25, -0.2) is 26.7 Å². The molecule has 0 aliphatic carbocycles. The van der Waals surface area contributed by atoms with E-state index in [0.29, 0.717) is 23.6 Å². The molecule has 5 N–H and O–H groups in total. The predicted molar refractivity (Wildman–Crippen MR) is 124 cm³/mol. The Morgan fingerprint density at radius 2 is 1.74 bits per heavy atom. The highest BCUT2D eigenvalue weighted by molar-refractivity contribution is 8.00. The molecular weight excluding hydrogens is 517 g/mol. The minimum absolute atomic E-state index is 0. The van der Waals surface area contributed by atoms with E-state index in [1.54, 1.807) is 0 Å². The molecule has 8 nitrogen and oxygen atoms in total. The Hall–Kier alpha value is -2.32. The van der Waals surface area contributed by atoms with Crippen LogP contribution >= 0.6 is 24.2 Å². The fourth-order valence-corrected chi connectivity index (χ4v) is 4.94. The number of carbonyl (C=O) groups excluding carboxylic acids is 2.